The van der Waals surface area contributed by atoms with Crippen LogP contribution in [-0.4, -0.2) is 31.7 Å². The van der Waals surface area contributed by atoms with Gasteiger partial charge < -0.3 is 14.8 Å². The number of carboxylic acids is 2. The Balaban J connectivity index is 2.83. The molecule has 1 heterocycles. The first kappa shape index (κ1) is 10.2. The number of hydrogen-bond donors (Lipinski definition) is 2. The maximum Gasteiger partial charge on any atom is 0.336 e. The second kappa shape index (κ2) is 3.34. The van der Waals surface area contributed by atoms with Crippen LogP contribution in [0, 0.1) is 0 Å². The zero-order valence-corrected chi connectivity index (χ0v) is 8.34. The number of aromatic carboxylic acids is 2. The summed E-state index contributed by atoms with van der Waals surface area (Å²) in [7, 11) is 1.71. The van der Waals surface area contributed by atoms with Crippen molar-refractivity contribution in [3.05, 3.63) is 29.6 Å². The molecule has 0 radical (unpaired) electrons. The maximum absolute atomic E-state index is 10.9. The molecule has 0 aliphatic rings. The van der Waals surface area contributed by atoms with Crippen molar-refractivity contribution in [3.8, 4) is 0 Å². The van der Waals surface area contributed by atoms with Gasteiger partial charge in [-0.2, -0.15) is 0 Å². The number of imidazole rings is 1. The van der Waals surface area contributed by atoms with Crippen LogP contribution in [0.5, 0.6) is 0 Å². The van der Waals surface area contributed by atoms with Crippen LogP contribution in [0.2, 0.25) is 0 Å². The van der Waals surface area contributed by atoms with Crippen LogP contribution in [0.4, 0.5) is 0 Å². The third-order valence-electron chi connectivity index (χ3n) is 2.33. The summed E-state index contributed by atoms with van der Waals surface area (Å²) in [6.45, 7) is 0. The van der Waals surface area contributed by atoms with Gasteiger partial charge in [0, 0.05) is 7.05 Å². The largest absolute Gasteiger partial charge is 0.478 e. The Morgan fingerprint density at radius 2 is 1.75 bits per heavy atom. The highest BCUT2D eigenvalue weighted by Crippen LogP contribution is 2.19. The van der Waals surface area contributed by atoms with Crippen LogP contribution < -0.4 is 0 Å². The summed E-state index contributed by atoms with van der Waals surface area (Å²) in [5.74, 6) is -2.54. The van der Waals surface area contributed by atoms with Crippen molar-refractivity contribution in [1.29, 1.82) is 0 Å². The van der Waals surface area contributed by atoms with Crippen molar-refractivity contribution in [2.24, 2.45) is 7.05 Å². The lowest BCUT2D eigenvalue weighted by atomic mass is 10.1. The van der Waals surface area contributed by atoms with E-state index in [9.17, 15) is 9.59 Å². The first-order chi connectivity index (χ1) is 7.50. The molecule has 6 heteroatoms. The Morgan fingerprint density at radius 1 is 1.19 bits per heavy atom. The fourth-order valence-corrected chi connectivity index (χ4v) is 1.53. The molecule has 0 spiro atoms. The predicted molar refractivity (Wildman–Crippen MR) is 54.6 cm³/mol. The van der Waals surface area contributed by atoms with Gasteiger partial charge in [0.15, 0.2) is 0 Å². The van der Waals surface area contributed by atoms with Gasteiger partial charge in [-0.3, -0.25) is 0 Å². The minimum absolute atomic E-state index is 0.233. The number of hydrogen-bond acceptors (Lipinski definition) is 3. The number of carboxylic acid groups (broad SMARTS) is 2. The van der Waals surface area contributed by atoms with E-state index >= 15 is 0 Å². The molecule has 0 unspecified atom stereocenters. The normalized spacial score (nSPS) is 10.6. The van der Waals surface area contributed by atoms with Crippen LogP contribution >= 0.6 is 0 Å². The Morgan fingerprint density at radius 3 is 2.31 bits per heavy atom. The van der Waals surface area contributed by atoms with E-state index in [1.165, 1.54) is 18.5 Å². The number of aryl methyl sites for hydroxylation is 1. The van der Waals surface area contributed by atoms with Crippen molar-refractivity contribution in [3.63, 3.8) is 0 Å². The van der Waals surface area contributed by atoms with Crippen molar-refractivity contribution in [2.75, 3.05) is 0 Å². The van der Waals surface area contributed by atoms with E-state index in [0.717, 1.165) is 0 Å². The quantitative estimate of drug-likeness (QED) is 0.786. The number of rotatable bonds is 2. The van der Waals surface area contributed by atoms with E-state index < -0.39 is 11.9 Å². The van der Waals surface area contributed by atoms with E-state index in [-0.39, 0.29) is 11.1 Å². The van der Waals surface area contributed by atoms with Gasteiger partial charge in [0.05, 0.1) is 28.5 Å². The lowest BCUT2D eigenvalue weighted by molar-refractivity contribution is 0.0652. The predicted octanol–water partition coefficient (Wildman–Crippen LogP) is 0.970. The lowest BCUT2D eigenvalue weighted by Crippen LogP contribution is -2.08. The van der Waals surface area contributed by atoms with Gasteiger partial charge in [-0.05, 0) is 12.1 Å². The number of fused-ring (bicyclic) bond motifs is 1. The molecule has 2 aromatic rings. The van der Waals surface area contributed by atoms with E-state index in [0.29, 0.717) is 11.0 Å². The molecule has 0 bridgehead atoms. The summed E-state index contributed by atoms with van der Waals surface area (Å²) in [4.78, 5) is 25.8. The Kier molecular flexibility index (Phi) is 2.12. The molecular weight excluding hydrogens is 212 g/mol. The van der Waals surface area contributed by atoms with E-state index in [1.807, 2.05) is 0 Å². The molecule has 0 amide bonds. The molecule has 1 aromatic carbocycles. The van der Waals surface area contributed by atoms with Crippen LogP contribution in [0.15, 0.2) is 18.5 Å². The molecule has 0 atom stereocenters. The summed E-state index contributed by atoms with van der Waals surface area (Å²) in [6.07, 6.45) is 1.50. The maximum atomic E-state index is 10.9. The fraction of sp³-hybridized carbons (Fsp3) is 0.100. The van der Waals surface area contributed by atoms with Gasteiger partial charge in [-0.15, -0.1) is 0 Å². The number of carbonyl (C=O) groups is 2. The summed E-state index contributed by atoms with van der Waals surface area (Å²) in [6, 6.07) is 2.58. The van der Waals surface area contributed by atoms with Gasteiger partial charge in [0.2, 0.25) is 0 Å². The average molecular weight is 220 g/mol. The smallest absolute Gasteiger partial charge is 0.336 e. The number of nitrogens with zero attached hydrogens (tertiary/aromatic N) is 2. The minimum Gasteiger partial charge on any atom is -0.478 e. The highest BCUT2D eigenvalue weighted by molar-refractivity contribution is 6.05. The molecule has 2 N–H and O–H groups in total. The summed E-state index contributed by atoms with van der Waals surface area (Å²) in [5, 5.41) is 17.8. The van der Waals surface area contributed by atoms with Crippen LogP contribution in [0.1, 0.15) is 20.7 Å². The van der Waals surface area contributed by atoms with Crippen molar-refractivity contribution in [1.82, 2.24) is 9.55 Å². The molecule has 0 fully saturated rings. The zero-order valence-electron chi connectivity index (χ0n) is 8.34. The Labute approximate surface area is 89.8 Å². The minimum atomic E-state index is -1.27. The Hall–Kier alpha value is -2.37. The molecule has 6 nitrogen and oxygen atoms in total. The first-order valence-electron chi connectivity index (χ1n) is 4.42. The van der Waals surface area contributed by atoms with Crippen LogP contribution in [-0.2, 0) is 7.05 Å². The van der Waals surface area contributed by atoms with Gasteiger partial charge in [-0.25, -0.2) is 14.6 Å². The van der Waals surface area contributed by atoms with Crippen molar-refractivity contribution < 1.29 is 19.8 Å². The van der Waals surface area contributed by atoms with Gasteiger partial charge in [-0.1, -0.05) is 0 Å². The molecule has 0 aliphatic heterocycles. The van der Waals surface area contributed by atoms with Gasteiger partial charge in [0.1, 0.15) is 0 Å². The third-order valence-corrected chi connectivity index (χ3v) is 2.33. The molecule has 82 valence electrons. The zero-order chi connectivity index (χ0) is 11.9. The molecule has 1 aromatic heterocycles. The highest BCUT2D eigenvalue weighted by atomic mass is 16.4. The van der Waals surface area contributed by atoms with Crippen LogP contribution in [0.25, 0.3) is 11.0 Å². The van der Waals surface area contributed by atoms with E-state index in [4.69, 9.17) is 10.2 Å². The van der Waals surface area contributed by atoms with Gasteiger partial charge in [0.25, 0.3) is 0 Å². The van der Waals surface area contributed by atoms with Crippen molar-refractivity contribution >= 4 is 23.0 Å². The lowest BCUT2D eigenvalue weighted by Gasteiger charge is -2.02. The third kappa shape index (κ3) is 1.40. The Bertz CT molecular complexity index is 600. The fourth-order valence-electron chi connectivity index (χ4n) is 1.53. The van der Waals surface area contributed by atoms with E-state index in [2.05, 4.69) is 4.98 Å². The summed E-state index contributed by atoms with van der Waals surface area (Å²) in [5.41, 5.74) is 0.564. The average Bonchev–Trinajstić information content (AvgIpc) is 2.58. The van der Waals surface area contributed by atoms with Crippen molar-refractivity contribution in [2.45, 2.75) is 0 Å². The van der Waals surface area contributed by atoms with Gasteiger partial charge >= 0.3 is 11.9 Å². The monoisotopic (exact) mass is 220 g/mol. The molecule has 2 rings (SSSR count). The second-order valence-corrected chi connectivity index (χ2v) is 3.35. The second-order valence-electron chi connectivity index (χ2n) is 3.35. The standard InChI is InChI=1S/C10H8N2O4/c1-12-4-11-7-2-5(9(13)14)6(10(15)16)3-8(7)12/h2-4H,1H3,(H,13,14)(H,15,16). The summed E-state index contributed by atoms with van der Waals surface area (Å²) < 4.78 is 1.63. The van der Waals surface area contributed by atoms with E-state index in [1.54, 1.807) is 11.6 Å². The molecule has 0 saturated heterocycles. The topological polar surface area (TPSA) is 92.4 Å². The first-order valence-corrected chi connectivity index (χ1v) is 4.42. The van der Waals surface area contributed by atoms with Crippen LogP contribution in [0.3, 0.4) is 0 Å². The molecular formula is C10H8N2O4. The number of aromatic nitrogens is 2. The molecule has 16 heavy (non-hydrogen) atoms. The molecule has 0 aliphatic carbocycles. The highest BCUT2D eigenvalue weighted by Gasteiger charge is 2.18. The SMILES string of the molecule is Cn1cnc2cc(C(=O)O)c(C(=O)O)cc21. The number of benzene rings is 1. The molecule has 0 saturated carbocycles. The summed E-state index contributed by atoms with van der Waals surface area (Å²) >= 11 is 0.